The number of aryl methyl sites for hydroxylation is 1. The second kappa shape index (κ2) is 5.16. The Bertz CT molecular complexity index is 756. The molecule has 120 valence electrons. The van der Waals surface area contributed by atoms with E-state index in [2.05, 4.69) is 10.1 Å². The average molecular weight is 331 g/mol. The third-order valence-corrected chi connectivity index (χ3v) is 5.39. The van der Waals surface area contributed by atoms with Crippen LogP contribution in [0.25, 0.3) is 0 Å². The molecular formula is C15H17N5O2S. The molecule has 1 atom stereocenters. The van der Waals surface area contributed by atoms with Gasteiger partial charge in [-0.1, -0.05) is 0 Å². The van der Waals surface area contributed by atoms with Crippen molar-refractivity contribution in [1.29, 1.82) is 0 Å². The van der Waals surface area contributed by atoms with Crippen LogP contribution in [-0.4, -0.2) is 51.1 Å². The minimum atomic E-state index is -0.443. The zero-order chi connectivity index (χ0) is 16.0. The zero-order valence-corrected chi connectivity index (χ0v) is 13.6. The van der Waals surface area contributed by atoms with Gasteiger partial charge in [-0.25, -0.2) is 4.98 Å². The molecule has 1 spiro atoms. The van der Waals surface area contributed by atoms with Crippen LogP contribution in [0.15, 0.2) is 23.3 Å². The van der Waals surface area contributed by atoms with Crippen molar-refractivity contribution < 1.29 is 9.59 Å². The van der Waals surface area contributed by atoms with Gasteiger partial charge in [0.2, 0.25) is 5.91 Å². The van der Waals surface area contributed by atoms with Crippen molar-refractivity contribution in [3.63, 3.8) is 0 Å². The van der Waals surface area contributed by atoms with Gasteiger partial charge in [0.15, 0.2) is 0 Å². The first-order chi connectivity index (χ1) is 11.1. The van der Waals surface area contributed by atoms with Crippen LogP contribution in [-0.2, 0) is 11.8 Å². The maximum atomic E-state index is 12.9. The quantitative estimate of drug-likeness (QED) is 0.827. The van der Waals surface area contributed by atoms with Crippen molar-refractivity contribution in [2.24, 2.45) is 12.5 Å². The van der Waals surface area contributed by atoms with E-state index >= 15 is 0 Å². The number of carbonyl (C=O) groups excluding carboxylic acids is 2. The van der Waals surface area contributed by atoms with Crippen LogP contribution in [0.3, 0.4) is 0 Å². The van der Waals surface area contributed by atoms with E-state index in [9.17, 15) is 9.59 Å². The lowest BCUT2D eigenvalue weighted by Gasteiger charge is -2.22. The molecule has 4 rings (SSSR count). The summed E-state index contributed by atoms with van der Waals surface area (Å²) in [5.74, 6) is 0.0369. The molecule has 2 fully saturated rings. The minimum Gasteiger partial charge on any atom is -0.336 e. The first kappa shape index (κ1) is 14.4. The normalized spacial score (nSPS) is 24.1. The van der Waals surface area contributed by atoms with Gasteiger partial charge >= 0.3 is 0 Å². The molecule has 0 N–H and O–H groups in total. The molecule has 23 heavy (non-hydrogen) atoms. The van der Waals surface area contributed by atoms with Crippen LogP contribution in [0, 0.1) is 5.41 Å². The van der Waals surface area contributed by atoms with E-state index in [0.717, 1.165) is 18.5 Å². The molecular weight excluding hydrogens is 314 g/mol. The summed E-state index contributed by atoms with van der Waals surface area (Å²) in [5, 5.41) is 5.89. The number of hydrogen-bond donors (Lipinski definition) is 0. The number of amides is 2. The molecule has 2 saturated heterocycles. The molecule has 2 aromatic heterocycles. The van der Waals surface area contributed by atoms with Gasteiger partial charge in [-0.3, -0.25) is 14.3 Å². The van der Waals surface area contributed by atoms with E-state index in [1.807, 2.05) is 13.2 Å². The Morgan fingerprint density at radius 2 is 2.17 bits per heavy atom. The van der Waals surface area contributed by atoms with Crippen LogP contribution in [0.2, 0.25) is 0 Å². The van der Waals surface area contributed by atoms with Crippen molar-refractivity contribution in [3.05, 3.63) is 29.0 Å². The molecule has 1 unspecified atom stereocenters. The highest BCUT2D eigenvalue weighted by Crippen LogP contribution is 2.42. The van der Waals surface area contributed by atoms with Gasteiger partial charge in [-0.05, 0) is 12.8 Å². The number of hydrogen-bond acceptors (Lipinski definition) is 5. The molecule has 0 bridgehead atoms. The van der Waals surface area contributed by atoms with Gasteiger partial charge in [0.05, 0.1) is 22.8 Å². The van der Waals surface area contributed by atoms with E-state index in [-0.39, 0.29) is 11.8 Å². The lowest BCUT2D eigenvalue weighted by Crippen LogP contribution is -2.38. The Morgan fingerprint density at radius 1 is 1.35 bits per heavy atom. The second-order valence-corrected chi connectivity index (χ2v) is 6.93. The molecule has 4 heterocycles. The van der Waals surface area contributed by atoms with E-state index < -0.39 is 5.41 Å². The number of carbonyl (C=O) groups is 2. The first-order valence-electron chi connectivity index (χ1n) is 7.57. The maximum Gasteiger partial charge on any atom is 0.273 e. The van der Waals surface area contributed by atoms with Crippen LogP contribution >= 0.6 is 11.3 Å². The monoisotopic (exact) mass is 331 g/mol. The van der Waals surface area contributed by atoms with Gasteiger partial charge in [0, 0.05) is 38.3 Å². The predicted octanol–water partition coefficient (Wildman–Crippen LogP) is 1.15. The Kier molecular flexibility index (Phi) is 3.22. The van der Waals surface area contributed by atoms with E-state index in [4.69, 9.17) is 0 Å². The largest absolute Gasteiger partial charge is 0.336 e. The Balaban J connectivity index is 1.52. The fourth-order valence-corrected chi connectivity index (χ4v) is 4.05. The van der Waals surface area contributed by atoms with E-state index in [1.165, 1.54) is 11.3 Å². The van der Waals surface area contributed by atoms with Crippen molar-refractivity contribution >= 4 is 28.8 Å². The zero-order valence-electron chi connectivity index (χ0n) is 12.8. The number of aromatic nitrogens is 3. The number of likely N-dealkylation sites (tertiary alicyclic amines) is 1. The molecule has 7 nitrogen and oxygen atoms in total. The highest BCUT2D eigenvalue weighted by atomic mass is 32.1. The van der Waals surface area contributed by atoms with Gasteiger partial charge in [0.25, 0.3) is 5.91 Å². The summed E-state index contributed by atoms with van der Waals surface area (Å²) in [4.78, 5) is 33.0. The van der Waals surface area contributed by atoms with E-state index in [1.54, 1.807) is 31.6 Å². The molecule has 0 aliphatic carbocycles. The highest BCUT2D eigenvalue weighted by molar-refractivity contribution is 7.07. The van der Waals surface area contributed by atoms with Crippen LogP contribution in [0.5, 0.6) is 0 Å². The number of nitrogens with zero attached hydrogens (tertiary/aromatic N) is 5. The standard InChI is InChI=1S/C15H17N5O2S/c1-18-7-11(6-17-18)20-5-3-15(14(20)22)2-4-19(9-15)13(21)12-8-23-10-16-12/h6-8,10H,2-5,9H2,1H3. The molecule has 2 amide bonds. The number of rotatable bonds is 2. The van der Waals surface area contributed by atoms with Gasteiger partial charge < -0.3 is 9.80 Å². The summed E-state index contributed by atoms with van der Waals surface area (Å²) in [6.45, 7) is 1.78. The maximum absolute atomic E-state index is 12.9. The average Bonchev–Trinajstić information content (AvgIpc) is 3.30. The lowest BCUT2D eigenvalue weighted by atomic mass is 9.85. The van der Waals surface area contributed by atoms with E-state index in [0.29, 0.717) is 25.3 Å². The van der Waals surface area contributed by atoms with Crippen molar-refractivity contribution in [3.8, 4) is 0 Å². The van der Waals surface area contributed by atoms with Crippen LogP contribution in [0.4, 0.5) is 5.69 Å². The number of thiazole rings is 1. The molecule has 0 aromatic carbocycles. The topological polar surface area (TPSA) is 71.3 Å². The summed E-state index contributed by atoms with van der Waals surface area (Å²) in [7, 11) is 1.84. The summed E-state index contributed by atoms with van der Waals surface area (Å²) in [6.07, 6.45) is 5.06. The first-order valence-corrected chi connectivity index (χ1v) is 8.51. The third kappa shape index (κ3) is 2.24. The third-order valence-electron chi connectivity index (χ3n) is 4.81. The minimum absolute atomic E-state index is 0.0734. The van der Waals surface area contributed by atoms with Crippen LogP contribution < -0.4 is 4.90 Å². The Morgan fingerprint density at radius 3 is 2.87 bits per heavy atom. The lowest BCUT2D eigenvalue weighted by molar-refractivity contribution is -0.124. The van der Waals surface area contributed by atoms with Gasteiger partial charge in [0.1, 0.15) is 5.69 Å². The fraction of sp³-hybridized carbons (Fsp3) is 0.467. The van der Waals surface area contributed by atoms with Crippen LogP contribution in [0.1, 0.15) is 23.3 Å². The molecule has 2 aliphatic heterocycles. The molecule has 2 aliphatic rings. The molecule has 0 radical (unpaired) electrons. The second-order valence-electron chi connectivity index (χ2n) is 6.21. The summed E-state index contributed by atoms with van der Waals surface area (Å²) in [5.41, 5.74) is 2.52. The molecule has 0 saturated carbocycles. The summed E-state index contributed by atoms with van der Waals surface area (Å²) in [6, 6.07) is 0. The Hall–Kier alpha value is -2.22. The van der Waals surface area contributed by atoms with Crippen molar-refractivity contribution in [2.75, 3.05) is 24.5 Å². The number of anilines is 1. The SMILES string of the molecule is Cn1cc(N2CCC3(CCN(C(=O)c4cscn4)C3)C2=O)cn1. The predicted molar refractivity (Wildman–Crippen MR) is 85.2 cm³/mol. The highest BCUT2D eigenvalue weighted by Gasteiger charge is 2.52. The van der Waals surface area contributed by atoms with Gasteiger partial charge in [-0.15, -0.1) is 11.3 Å². The van der Waals surface area contributed by atoms with Crippen molar-refractivity contribution in [1.82, 2.24) is 19.7 Å². The fourth-order valence-electron chi connectivity index (χ4n) is 3.52. The molecule has 2 aromatic rings. The summed E-state index contributed by atoms with van der Waals surface area (Å²) < 4.78 is 1.69. The Labute approximate surface area is 137 Å². The molecule has 8 heteroatoms. The van der Waals surface area contributed by atoms with Crippen molar-refractivity contribution in [2.45, 2.75) is 12.8 Å². The smallest absolute Gasteiger partial charge is 0.273 e. The van der Waals surface area contributed by atoms with Gasteiger partial charge in [-0.2, -0.15) is 5.10 Å². The summed E-state index contributed by atoms with van der Waals surface area (Å²) >= 11 is 1.41.